The highest BCUT2D eigenvalue weighted by Crippen LogP contribution is 2.34. The van der Waals surface area contributed by atoms with Gasteiger partial charge in [-0.15, -0.1) is 11.3 Å². The number of likely N-dealkylation sites (tertiary alicyclic amines) is 1. The first-order valence-electron chi connectivity index (χ1n) is 11.3. The van der Waals surface area contributed by atoms with Crippen molar-refractivity contribution in [2.45, 2.75) is 31.2 Å². The van der Waals surface area contributed by atoms with Crippen LogP contribution in [-0.2, 0) is 15.1 Å². The second-order valence-corrected chi connectivity index (χ2v) is 9.94. The molecular weight excluding hydrogens is 452 g/mol. The van der Waals surface area contributed by atoms with E-state index in [1.807, 2.05) is 18.2 Å². The summed E-state index contributed by atoms with van der Waals surface area (Å²) in [6.07, 6.45) is 1.81. The fourth-order valence-electron chi connectivity index (χ4n) is 4.68. The standard InChI is InChI=1S/C25H26N4O4S/c1-25(17-8-5-9-18(13-17)33-2)23(31)29(24(32)27-25)15-21(30)28-12-6-7-16(14-28)22-26-19-10-3-4-11-20(19)34-22/h3-5,8-11,13,16H,6-7,12,14-15H2,1-2H3,(H,27,32). The minimum absolute atomic E-state index is 0.153. The van der Waals surface area contributed by atoms with E-state index in [0.717, 1.165) is 33.0 Å². The molecule has 3 aromatic rings. The molecule has 0 radical (unpaired) electrons. The maximum atomic E-state index is 13.3. The second kappa shape index (κ2) is 8.72. The molecule has 0 bridgehead atoms. The van der Waals surface area contributed by atoms with E-state index in [2.05, 4.69) is 11.4 Å². The molecule has 1 aromatic heterocycles. The fraction of sp³-hybridized carbons (Fsp3) is 0.360. The van der Waals surface area contributed by atoms with Crippen molar-refractivity contribution in [3.8, 4) is 5.75 Å². The molecule has 34 heavy (non-hydrogen) atoms. The first-order chi connectivity index (χ1) is 16.4. The van der Waals surface area contributed by atoms with Crippen LogP contribution in [0.3, 0.4) is 0 Å². The van der Waals surface area contributed by atoms with Crippen molar-refractivity contribution >= 4 is 39.4 Å². The van der Waals surface area contributed by atoms with Gasteiger partial charge in [-0.25, -0.2) is 9.78 Å². The summed E-state index contributed by atoms with van der Waals surface area (Å²) < 4.78 is 6.39. The summed E-state index contributed by atoms with van der Waals surface area (Å²) in [4.78, 5) is 46.7. The lowest BCUT2D eigenvalue weighted by molar-refractivity contribution is -0.139. The number of ether oxygens (including phenoxy) is 1. The zero-order valence-corrected chi connectivity index (χ0v) is 19.9. The molecule has 2 atom stereocenters. The van der Waals surface area contributed by atoms with Crippen molar-refractivity contribution in [2.24, 2.45) is 0 Å². The normalized spacial score (nSPS) is 22.8. The number of methoxy groups -OCH3 is 1. The molecule has 2 unspecified atom stereocenters. The number of hydrogen-bond acceptors (Lipinski definition) is 6. The van der Waals surface area contributed by atoms with Crippen molar-refractivity contribution < 1.29 is 19.1 Å². The number of fused-ring (bicyclic) bond motifs is 1. The van der Waals surface area contributed by atoms with Crippen LogP contribution in [-0.4, -0.2) is 59.4 Å². The van der Waals surface area contributed by atoms with E-state index in [4.69, 9.17) is 9.72 Å². The van der Waals surface area contributed by atoms with E-state index in [-0.39, 0.29) is 18.4 Å². The Morgan fingerprint density at radius 2 is 2.06 bits per heavy atom. The number of piperidine rings is 1. The number of aromatic nitrogens is 1. The average Bonchev–Trinajstić information content (AvgIpc) is 3.39. The number of rotatable bonds is 5. The number of amides is 4. The van der Waals surface area contributed by atoms with Crippen LogP contribution in [0.15, 0.2) is 48.5 Å². The van der Waals surface area contributed by atoms with Gasteiger partial charge in [0.1, 0.15) is 17.8 Å². The third-order valence-corrected chi connectivity index (χ3v) is 7.85. The molecule has 0 saturated carbocycles. The van der Waals surface area contributed by atoms with Crippen LogP contribution in [0, 0.1) is 0 Å². The Morgan fingerprint density at radius 1 is 1.24 bits per heavy atom. The molecule has 9 heteroatoms. The Labute approximate surface area is 201 Å². The number of carbonyl (C=O) groups excluding carboxylic acids is 3. The van der Waals surface area contributed by atoms with Crippen LogP contribution >= 0.6 is 11.3 Å². The highest BCUT2D eigenvalue weighted by Gasteiger charge is 2.50. The van der Waals surface area contributed by atoms with Gasteiger partial charge in [0.05, 0.1) is 22.3 Å². The summed E-state index contributed by atoms with van der Waals surface area (Å²) in [5, 5.41) is 3.79. The summed E-state index contributed by atoms with van der Waals surface area (Å²) >= 11 is 1.66. The molecule has 176 valence electrons. The Morgan fingerprint density at radius 3 is 2.85 bits per heavy atom. The number of carbonyl (C=O) groups is 3. The zero-order chi connectivity index (χ0) is 23.9. The third kappa shape index (κ3) is 3.90. The van der Waals surface area contributed by atoms with Gasteiger partial charge >= 0.3 is 6.03 Å². The molecule has 4 amide bonds. The van der Waals surface area contributed by atoms with Gasteiger partial charge in [-0.3, -0.25) is 14.5 Å². The largest absolute Gasteiger partial charge is 0.497 e. The Bertz CT molecular complexity index is 1240. The van der Waals surface area contributed by atoms with Crippen LogP contribution in [0.1, 0.15) is 36.3 Å². The highest BCUT2D eigenvalue weighted by atomic mass is 32.1. The lowest BCUT2D eigenvalue weighted by atomic mass is 9.92. The average molecular weight is 479 g/mol. The lowest BCUT2D eigenvalue weighted by Crippen LogP contribution is -2.47. The van der Waals surface area contributed by atoms with E-state index in [1.165, 1.54) is 0 Å². The van der Waals surface area contributed by atoms with E-state index >= 15 is 0 Å². The predicted molar refractivity (Wildman–Crippen MR) is 129 cm³/mol. The topological polar surface area (TPSA) is 91.8 Å². The maximum Gasteiger partial charge on any atom is 0.325 e. The van der Waals surface area contributed by atoms with Gasteiger partial charge < -0.3 is 15.0 Å². The maximum absolute atomic E-state index is 13.3. The van der Waals surface area contributed by atoms with Crippen LogP contribution in [0.4, 0.5) is 4.79 Å². The second-order valence-electron chi connectivity index (χ2n) is 8.88. The quantitative estimate of drug-likeness (QED) is 0.567. The van der Waals surface area contributed by atoms with Gasteiger partial charge in [-0.1, -0.05) is 24.3 Å². The SMILES string of the molecule is COc1cccc(C2(C)NC(=O)N(CC(=O)N3CCCC(c4nc5ccccc5s4)C3)C2=O)c1. The number of thiazole rings is 1. The molecule has 8 nitrogen and oxygen atoms in total. The molecule has 2 aliphatic rings. The summed E-state index contributed by atoms with van der Waals surface area (Å²) in [5.74, 6) is 0.0628. The molecule has 0 spiro atoms. The highest BCUT2D eigenvalue weighted by molar-refractivity contribution is 7.18. The molecule has 5 rings (SSSR count). The van der Waals surface area contributed by atoms with Crippen molar-refractivity contribution in [1.29, 1.82) is 0 Å². The monoisotopic (exact) mass is 478 g/mol. The van der Waals surface area contributed by atoms with Crippen molar-refractivity contribution in [1.82, 2.24) is 20.1 Å². The van der Waals surface area contributed by atoms with Gasteiger partial charge in [0.25, 0.3) is 5.91 Å². The van der Waals surface area contributed by atoms with E-state index < -0.39 is 17.5 Å². The van der Waals surface area contributed by atoms with Gasteiger partial charge in [0.2, 0.25) is 5.91 Å². The number of imide groups is 1. The smallest absolute Gasteiger partial charge is 0.325 e. The van der Waals surface area contributed by atoms with E-state index in [0.29, 0.717) is 24.4 Å². The minimum Gasteiger partial charge on any atom is -0.497 e. The molecule has 1 N–H and O–H groups in total. The van der Waals surface area contributed by atoms with Crippen molar-refractivity contribution in [3.05, 3.63) is 59.1 Å². The number of nitrogens with zero attached hydrogens (tertiary/aromatic N) is 3. The first kappa shape index (κ1) is 22.3. The lowest BCUT2D eigenvalue weighted by Gasteiger charge is -2.32. The Balaban J connectivity index is 1.29. The van der Waals surface area contributed by atoms with Crippen LogP contribution in [0.5, 0.6) is 5.75 Å². The molecule has 3 heterocycles. The van der Waals surface area contributed by atoms with Crippen molar-refractivity contribution in [3.63, 3.8) is 0 Å². The van der Waals surface area contributed by atoms with Gasteiger partial charge in [0, 0.05) is 19.0 Å². The molecule has 2 aromatic carbocycles. The minimum atomic E-state index is -1.25. The third-order valence-electron chi connectivity index (χ3n) is 6.65. The number of nitrogens with one attached hydrogen (secondary N) is 1. The summed E-state index contributed by atoms with van der Waals surface area (Å²) in [6, 6.07) is 14.5. The molecule has 0 aliphatic carbocycles. The van der Waals surface area contributed by atoms with Crippen LogP contribution in [0.2, 0.25) is 0 Å². The molecule has 2 aliphatic heterocycles. The van der Waals surface area contributed by atoms with Crippen molar-refractivity contribution in [2.75, 3.05) is 26.7 Å². The Kier molecular flexibility index (Phi) is 5.73. The van der Waals surface area contributed by atoms with Gasteiger partial charge in [-0.2, -0.15) is 0 Å². The van der Waals surface area contributed by atoms with E-state index in [9.17, 15) is 14.4 Å². The van der Waals surface area contributed by atoms with Gasteiger partial charge in [-0.05, 0) is 49.6 Å². The number of urea groups is 1. The summed E-state index contributed by atoms with van der Waals surface area (Å²) in [6.45, 7) is 2.51. The zero-order valence-electron chi connectivity index (χ0n) is 19.1. The number of para-hydroxylation sites is 1. The summed E-state index contributed by atoms with van der Waals surface area (Å²) in [7, 11) is 1.54. The fourth-order valence-corrected chi connectivity index (χ4v) is 5.77. The molecule has 2 fully saturated rings. The molecular formula is C25H26N4O4S. The summed E-state index contributed by atoms with van der Waals surface area (Å²) in [5.41, 5.74) is 0.327. The van der Waals surface area contributed by atoms with E-state index in [1.54, 1.807) is 54.5 Å². The van der Waals surface area contributed by atoms with Crippen LogP contribution < -0.4 is 10.1 Å². The predicted octanol–water partition coefficient (Wildman–Crippen LogP) is 3.48. The number of benzene rings is 2. The first-order valence-corrected chi connectivity index (χ1v) is 12.1. The van der Waals surface area contributed by atoms with Crippen LogP contribution in [0.25, 0.3) is 10.2 Å². The number of hydrogen-bond donors (Lipinski definition) is 1. The Hall–Kier alpha value is -3.46. The molecule has 2 saturated heterocycles. The van der Waals surface area contributed by atoms with Gasteiger partial charge in [0.15, 0.2) is 0 Å².